The number of hydrogen-bond donors (Lipinski definition) is 1. The molecule has 0 spiro atoms. The van der Waals surface area contributed by atoms with Crippen molar-refractivity contribution in [1.82, 2.24) is 5.32 Å². The van der Waals surface area contributed by atoms with Gasteiger partial charge in [-0.05, 0) is 48.6 Å². The predicted molar refractivity (Wildman–Crippen MR) is 140 cm³/mol. The Labute approximate surface area is 219 Å². The second-order valence-corrected chi connectivity index (χ2v) is 14.9. The van der Waals surface area contributed by atoms with Crippen LogP contribution < -0.4 is 5.32 Å². The average Bonchev–Trinajstić information content (AvgIpc) is 2.77. The van der Waals surface area contributed by atoms with Crippen LogP contribution in [0, 0.1) is 59.2 Å². The van der Waals surface area contributed by atoms with Crippen LogP contribution in [0.3, 0.4) is 0 Å². The van der Waals surface area contributed by atoms with Crippen LogP contribution in [0.4, 0.5) is 0 Å². The van der Waals surface area contributed by atoms with Crippen LogP contribution >= 0.6 is 17.0 Å². The molecule has 0 radical (unpaired) electrons. The average molecular weight is 568 g/mol. The fourth-order valence-corrected chi connectivity index (χ4v) is 6.45. The number of halogens is 2. The summed E-state index contributed by atoms with van der Waals surface area (Å²) in [5.74, 6) is 7.51. The molecule has 188 valence electrons. The van der Waals surface area contributed by atoms with E-state index in [1.54, 1.807) is 0 Å². The van der Waals surface area contributed by atoms with Crippen molar-refractivity contribution in [3.05, 3.63) is 10.6 Å². The van der Waals surface area contributed by atoms with Crippen LogP contribution in [-0.2, 0) is 20.8 Å². The van der Waals surface area contributed by atoms with E-state index in [0.29, 0.717) is 35.8 Å². The zero-order valence-corrected chi connectivity index (χ0v) is 26.4. The molecule has 0 saturated heterocycles. The summed E-state index contributed by atoms with van der Waals surface area (Å²) in [7, 11) is 9.87. The quantitative estimate of drug-likeness (QED) is 0.298. The van der Waals surface area contributed by atoms with Crippen molar-refractivity contribution < 1.29 is 20.8 Å². The zero-order chi connectivity index (χ0) is 24.6. The van der Waals surface area contributed by atoms with Gasteiger partial charge in [-0.25, -0.2) is 0 Å². The molecule has 0 aromatic heterocycles. The molecule has 3 nitrogen and oxygen atoms in total. The van der Waals surface area contributed by atoms with Crippen LogP contribution in [-0.4, -0.2) is 38.3 Å². The van der Waals surface area contributed by atoms with Crippen molar-refractivity contribution in [2.45, 2.75) is 81.3 Å². The number of nitrogens with one attached hydrogen (secondary N) is 1. The molecule has 0 amide bonds. The Morgan fingerprint density at radius 3 is 0.969 bits per heavy atom. The summed E-state index contributed by atoms with van der Waals surface area (Å²) in [5, 5.41) is 13.9. The van der Waals surface area contributed by atoms with Crippen molar-refractivity contribution >= 4 is 17.0 Å². The molecule has 6 heteroatoms. The van der Waals surface area contributed by atoms with E-state index >= 15 is 0 Å². The van der Waals surface area contributed by atoms with Gasteiger partial charge in [0.15, 0.2) is 0 Å². The van der Waals surface area contributed by atoms with Crippen molar-refractivity contribution in [2.24, 2.45) is 59.2 Å². The summed E-state index contributed by atoms with van der Waals surface area (Å²) in [4.78, 5) is 0. The van der Waals surface area contributed by atoms with Crippen LogP contribution in [0.5, 0.6) is 0 Å². The Balaban J connectivity index is 0.00000161. The first-order valence-electron chi connectivity index (χ1n) is 13.0. The van der Waals surface area contributed by atoms with Gasteiger partial charge in [0.05, 0.1) is 0 Å². The molecular formula is C26H51Cl2N3Zr. The van der Waals surface area contributed by atoms with Gasteiger partial charge in [-0.1, -0.05) is 92.9 Å². The van der Waals surface area contributed by atoms with Gasteiger partial charge in [0.25, 0.3) is 0 Å². The van der Waals surface area contributed by atoms with E-state index in [2.05, 4.69) is 74.6 Å². The van der Waals surface area contributed by atoms with E-state index < -0.39 is 20.8 Å². The van der Waals surface area contributed by atoms with Gasteiger partial charge in [-0.15, -0.1) is 25.2 Å². The van der Waals surface area contributed by atoms with Gasteiger partial charge in [-0.3, -0.25) is 0 Å². The summed E-state index contributed by atoms with van der Waals surface area (Å²) in [6.45, 7) is 28.1. The topological polar surface area (TPSA) is 40.2 Å². The Morgan fingerprint density at radius 1 is 0.500 bits per heavy atom. The molecular weight excluding hydrogens is 516 g/mol. The van der Waals surface area contributed by atoms with E-state index in [-0.39, 0.29) is 0 Å². The third-order valence-electron chi connectivity index (χ3n) is 10.0. The minimum absolute atomic E-state index is 0.525. The predicted octanol–water partition coefficient (Wildman–Crippen LogP) is 7.83. The third kappa shape index (κ3) is 8.19. The van der Waals surface area contributed by atoms with Gasteiger partial charge in [0.1, 0.15) is 0 Å². The number of rotatable bonds is 8. The maximum atomic E-state index is 5.13. The van der Waals surface area contributed by atoms with Crippen LogP contribution in [0.25, 0.3) is 10.6 Å². The molecule has 2 aliphatic carbocycles. The molecule has 0 aromatic rings. The summed E-state index contributed by atoms with van der Waals surface area (Å²) < 4.78 is 0. The standard InChI is InChI=1S/C26H51N3.2ClH.Zr/c1-15-17(3)21(7)25(22(8)18(15)4)28-13-11-27-12-14-29-26-23(9)19(5)16(2)20(6)24(26)10;;;/h15-27H,11-14H2,1-10H3;2*1H;/q-2;;;+4/p-2/t15?,16?,17-,18-,19+,20+,21-,22-,23+,24+,25?,26?;;;. The van der Waals surface area contributed by atoms with E-state index in [4.69, 9.17) is 27.7 Å². The van der Waals surface area contributed by atoms with Crippen LogP contribution in [0.2, 0.25) is 0 Å². The van der Waals surface area contributed by atoms with Gasteiger partial charge in [0.2, 0.25) is 0 Å². The van der Waals surface area contributed by atoms with Gasteiger partial charge in [-0.2, -0.15) is 0 Å². The summed E-state index contributed by atoms with van der Waals surface area (Å²) in [5.41, 5.74) is 0. The number of hydrogen-bond acceptors (Lipinski definition) is 1. The molecule has 2 aliphatic rings. The van der Waals surface area contributed by atoms with Crippen molar-refractivity contribution in [3.8, 4) is 0 Å². The Hall–Kier alpha value is 1.34. The summed E-state index contributed by atoms with van der Waals surface area (Å²) in [6, 6.07) is 1.05. The van der Waals surface area contributed by atoms with Crippen LogP contribution in [0.15, 0.2) is 0 Å². The molecule has 0 unspecified atom stereocenters. The first kappa shape index (κ1) is 31.4. The van der Waals surface area contributed by atoms with E-state index in [0.717, 1.165) is 61.7 Å². The molecule has 0 bridgehead atoms. The van der Waals surface area contributed by atoms with Crippen molar-refractivity contribution in [3.63, 3.8) is 0 Å². The Morgan fingerprint density at radius 2 is 0.719 bits per heavy atom. The third-order valence-corrected chi connectivity index (χ3v) is 10.0. The second-order valence-electron chi connectivity index (χ2n) is 11.2. The van der Waals surface area contributed by atoms with Gasteiger partial charge in [0, 0.05) is 0 Å². The van der Waals surface area contributed by atoms with E-state index in [1.807, 2.05) is 0 Å². The van der Waals surface area contributed by atoms with Gasteiger partial charge >= 0.3 is 37.9 Å². The molecule has 2 fully saturated rings. The van der Waals surface area contributed by atoms with E-state index in [1.165, 1.54) is 0 Å². The molecule has 0 aromatic carbocycles. The maximum absolute atomic E-state index is 5.13. The van der Waals surface area contributed by atoms with Crippen molar-refractivity contribution in [2.75, 3.05) is 26.2 Å². The van der Waals surface area contributed by atoms with Gasteiger partial charge < -0.3 is 16.0 Å². The minimum atomic E-state index is -0.826. The summed E-state index contributed by atoms with van der Waals surface area (Å²) in [6.07, 6.45) is 0. The Kier molecular flexibility index (Phi) is 15.2. The molecule has 2 saturated carbocycles. The Bertz CT molecular complexity index is 437. The fourth-order valence-electron chi connectivity index (χ4n) is 6.45. The molecule has 32 heavy (non-hydrogen) atoms. The molecule has 0 heterocycles. The zero-order valence-electron chi connectivity index (χ0n) is 22.4. The second kappa shape index (κ2) is 15.5. The number of nitrogens with zero attached hydrogens (tertiary/aromatic N) is 2. The normalized spacial score (nSPS) is 44.4. The molecule has 8 atom stereocenters. The summed E-state index contributed by atoms with van der Waals surface area (Å²) >= 11 is -0.826. The molecule has 1 N–H and O–H groups in total. The first-order valence-corrected chi connectivity index (χ1v) is 19.3. The molecule has 2 rings (SSSR count). The fraction of sp³-hybridized carbons (Fsp3) is 1.00. The van der Waals surface area contributed by atoms with Crippen molar-refractivity contribution in [1.29, 1.82) is 0 Å². The van der Waals surface area contributed by atoms with Crippen LogP contribution in [0.1, 0.15) is 69.2 Å². The monoisotopic (exact) mass is 565 g/mol. The van der Waals surface area contributed by atoms with E-state index in [9.17, 15) is 0 Å². The first-order chi connectivity index (χ1) is 15.0. The molecule has 0 aliphatic heterocycles. The SMILES string of the molecule is CC1[C@@H](C)[C@@H](C)C([N-]CCNCC[N-]C2[C@@H](C)[C@@H](C)C(C)[C@H](C)[C@@H]2C)[C@H](C)[C@@H]1C.[Cl][Zr+2][Cl].